The van der Waals surface area contributed by atoms with Crippen LogP contribution in [0.25, 0.3) is 0 Å². The van der Waals surface area contributed by atoms with E-state index in [9.17, 15) is 15.3 Å². The second-order valence-electron chi connectivity index (χ2n) is 6.36. The Hall–Kier alpha value is -1.61. The van der Waals surface area contributed by atoms with Gasteiger partial charge in [0.05, 0.1) is 18.9 Å². The molecule has 7 nitrogen and oxygen atoms in total. The Labute approximate surface area is 183 Å². The largest absolute Gasteiger partial charge is 0.489 e. The van der Waals surface area contributed by atoms with Gasteiger partial charge in [-0.05, 0) is 26.0 Å². The van der Waals surface area contributed by atoms with Crippen LogP contribution in [-0.4, -0.2) is 52.2 Å². The minimum absolute atomic E-state index is 0. The SMILES string of the molecule is Cc1ncc(CO)c(CO)c1OCC(O)CNCC(C)Oc1ccccc1.Cl.Cl. The van der Waals surface area contributed by atoms with Gasteiger partial charge >= 0.3 is 0 Å². The Kier molecular flexibility index (Phi) is 13.6. The van der Waals surface area contributed by atoms with Gasteiger partial charge in [0.1, 0.15) is 30.3 Å². The normalized spacial score (nSPS) is 12.3. The molecule has 0 saturated heterocycles. The molecule has 29 heavy (non-hydrogen) atoms. The van der Waals surface area contributed by atoms with E-state index in [4.69, 9.17) is 9.47 Å². The van der Waals surface area contributed by atoms with Crippen LogP contribution in [0.4, 0.5) is 0 Å². The Balaban J connectivity index is 0.00000392. The summed E-state index contributed by atoms with van der Waals surface area (Å²) in [6.07, 6.45) is 0.728. The highest BCUT2D eigenvalue weighted by atomic mass is 35.5. The van der Waals surface area contributed by atoms with Crippen molar-refractivity contribution in [3.05, 3.63) is 53.3 Å². The topological polar surface area (TPSA) is 104 Å². The number of aliphatic hydroxyl groups is 3. The molecule has 2 rings (SSSR count). The summed E-state index contributed by atoms with van der Waals surface area (Å²) in [5, 5.41) is 32.2. The van der Waals surface area contributed by atoms with Crippen molar-refractivity contribution in [2.24, 2.45) is 0 Å². The van der Waals surface area contributed by atoms with E-state index in [0.717, 1.165) is 5.75 Å². The first kappa shape index (κ1) is 27.4. The van der Waals surface area contributed by atoms with E-state index >= 15 is 0 Å². The fourth-order valence-electron chi connectivity index (χ4n) is 2.64. The van der Waals surface area contributed by atoms with E-state index in [2.05, 4.69) is 10.3 Å². The zero-order valence-corrected chi connectivity index (χ0v) is 18.2. The van der Waals surface area contributed by atoms with Crippen LogP contribution in [0.5, 0.6) is 11.5 Å². The minimum atomic E-state index is -0.738. The number of rotatable bonds is 11. The smallest absolute Gasteiger partial charge is 0.146 e. The maximum atomic E-state index is 10.1. The second kappa shape index (κ2) is 14.4. The molecule has 0 aliphatic carbocycles. The lowest BCUT2D eigenvalue weighted by atomic mass is 10.1. The number of para-hydroxylation sites is 1. The minimum Gasteiger partial charge on any atom is -0.489 e. The zero-order valence-electron chi connectivity index (χ0n) is 16.6. The van der Waals surface area contributed by atoms with E-state index < -0.39 is 6.10 Å². The van der Waals surface area contributed by atoms with Crippen LogP contribution < -0.4 is 14.8 Å². The van der Waals surface area contributed by atoms with E-state index in [1.807, 2.05) is 37.3 Å². The summed E-state index contributed by atoms with van der Waals surface area (Å²) >= 11 is 0. The second-order valence-corrected chi connectivity index (χ2v) is 6.36. The first-order valence-corrected chi connectivity index (χ1v) is 8.97. The zero-order chi connectivity index (χ0) is 19.6. The molecule has 0 fully saturated rings. The van der Waals surface area contributed by atoms with Gasteiger partial charge in [0, 0.05) is 30.4 Å². The summed E-state index contributed by atoms with van der Waals surface area (Å²) in [5.41, 5.74) is 1.61. The molecule has 0 aliphatic heterocycles. The highest BCUT2D eigenvalue weighted by Gasteiger charge is 2.15. The Morgan fingerprint density at radius 1 is 1.07 bits per heavy atom. The molecule has 164 valence electrons. The number of hydrogen-bond acceptors (Lipinski definition) is 7. The Morgan fingerprint density at radius 2 is 1.76 bits per heavy atom. The third kappa shape index (κ3) is 8.74. The standard InChI is InChI=1S/C20H28N2O5.2ClH/c1-14(27-18-6-4-3-5-7-18)8-21-10-17(25)13-26-20-15(2)22-9-16(11-23)19(20)12-24;;/h3-7,9,14,17,21,23-25H,8,10-13H2,1-2H3;2*1H. The number of ether oxygens (including phenoxy) is 2. The first-order chi connectivity index (χ1) is 13.0. The predicted octanol–water partition coefficient (Wildman–Crippen LogP) is 2.02. The van der Waals surface area contributed by atoms with Crippen molar-refractivity contribution in [2.45, 2.75) is 39.3 Å². The molecular weight excluding hydrogens is 419 g/mol. The third-order valence-corrected chi connectivity index (χ3v) is 4.05. The van der Waals surface area contributed by atoms with Gasteiger partial charge in [-0.25, -0.2) is 0 Å². The van der Waals surface area contributed by atoms with Crippen LogP contribution in [0.15, 0.2) is 36.5 Å². The van der Waals surface area contributed by atoms with Gasteiger partial charge in [0.2, 0.25) is 0 Å². The van der Waals surface area contributed by atoms with Crippen molar-refractivity contribution in [1.29, 1.82) is 0 Å². The fourth-order valence-corrected chi connectivity index (χ4v) is 2.64. The number of halogens is 2. The summed E-state index contributed by atoms with van der Waals surface area (Å²) in [7, 11) is 0. The molecule has 0 radical (unpaired) electrons. The predicted molar refractivity (Wildman–Crippen MR) is 116 cm³/mol. The van der Waals surface area contributed by atoms with Crippen molar-refractivity contribution in [2.75, 3.05) is 19.7 Å². The van der Waals surface area contributed by atoms with E-state index in [1.54, 1.807) is 6.92 Å². The monoisotopic (exact) mass is 448 g/mol. The fraction of sp³-hybridized carbons (Fsp3) is 0.450. The molecule has 0 saturated carbocycles. The molecule has 2 aromatic rings. The summed E-state index contributed by atoms with van der Waals surface area (Å²) in [6, 6.07) is 9.56. The number of pyridine rings is 1. The molecule has 9 heteroatoms. The van der Waals surface area contributed by atoms with Gasteiger partial charge in [-0.15, -0.1) is 24.8 Å². The third-order valence-electron chi connectivity index (χ3n) is 4.05. The van der Waals surface area contributed by atoms with Crippen molar-refractivity contribution in [3.8, 4) is 11.5 Å². The summed E-state index contributed by atoms with van der Waals surface area (Å²) in [6.45, 7) is 4.16. The number of nitrogens with one attached hydrogen (secondary N) is 1. The number of nitrogens with zero attached hydrogens (tertiary/aromatic N) is 1. The molecule has 4 N–H and O–H groups in total. The summed E-state index contributed by atoms with van der Waals surface area (Å²) in [5.74, 6) is 1.21. The number of benzene rings is 1. The van der Waals surface area contributed by atoms with Gasteiger partial charge in [-0.3, -0.25) is 4.98 Å². The molecule has 1 aromatic carbocycles. The molecule has 0 spiro atoms. The Bertz CT molecular complexity index is 707. The molecule has 1 aromatic heterocycles. The van der Waals surface area contributed by atoms with Crippen molar-refractivity contribution >= 4 is 24.8 Å². The highest BCUT2D eigenvalue weighted by molar-refractivity contribution is 5.85. The number of aromatic nitrogens is 1. The Morgan fingerprint density at radius 3 is 2.38 bits per heavy atom. The van der Waals surface area contributed by atoms with E-state index in [1.165, 1.54) is 6.20 Å². The number of aryl methyl sites for hydroxylation is 1. The number of hydrogen-bond donors (Lipinski definition) is 4. The highest BCUT2D eigenvalue weighted by Crippen LogP contribution is 2.25. The van der Waals surface area contributed by atoms with Gasteiger partial charge in [-0.1, -0.05) is 18.2 Å². The molecule has 2 unspecified atom stereocenters. The molecule has 0 amide bonds. The lowest BCUT2D eigenvalue weighted by Crippen LogP contribution is -2.36. The maximum Gasteiger partial charge on any atom is 0.146 e. The van der Waals surface area contributed by atoms with Crippen molar-refractivity contribution < 1.29 is 24.8 Å². The lowest BCUT2D eigenvalue weighted by molar-refractivity contribution is 0.100. The van der Waals surface area contributed by atoms with Crippen LogP contribution in [0.1, 0.15) is 23.7 Å². The average Bonchev–Trinajstić information content (AvgIpc) is 2.67. The quantitative estimate of drug-likeness (QED) is 0.416. The van der Waals surface area contributed by atoms with Gasteiger partial charge < -0.3 is 30.1 Å². The maximum absolute atomic E-state index is 10.1. The van der Waals surface area contributed by atoms with Gasteiger partial charge in [0.25, 0.3) is 0 Å². The van der Waals surface area contributed by atoms with Gasteiger partial charge in [0.15, 0.2) is 0 Å². The van der Waals surface area contributed by atoms with E-state index in [0.29, 0.717) is 35.7 Å². The van der Waals surface area contributed by atoms with Crippen LogP contribution in [0, 0.1) is 6.92 Å². The van der Waals surface area contributed by atoms with Crippen molar-refractivity contribution in [1.82, 2.24) is 10.3 Å². The van der Waals surface area contributed by atoms with Gasteiger partial charge in [-0.2, -0.15) is 0 Å². The van der Waals surface area contributed by atoms with Crippen LogP contribution in [0.2, 0.25) is 0 Å². The molecule has 0 aliphatic rings. The number of aliphatic hydroxyl groups excluding tert-OH is 3. The van der Waals surface area contributed by atoms with Crippen molar-refractivity contribution in [3.63, 3.8) is 0 Å². The molecule has 2 atom stereocenters. The summed E-state index contributed by atoms with van der Waals surface area (Å²) in [4.78, 5) is 4.15. The van der Waals surface area contributed by atoms with Crippen LogP contribution in [-0.2, 0) is 13.2 Å². The van der Waals surface area contributed by atoms with Crippen LogP contribution >= 0.6 is 24.8 Å². The van der Waals surface area contributed by atoms with E-state index in [-0.39, 0.29) is 50.7 Å². The lowest BCUT2D eigenvalue weighted by Gasteiger charge is -2.19. The molecule has 1 heterocycles. The van der Waals surface area contributed by atoms with Crippen LogP contribution in [0.3, 0.4) is 0 Å². The summed E-state index contributed by atoms with van der Waals surface area (Å²) < 4.78 is 11.4. The molecular formula is C20H30Cl2N2O5. The first-order valence-electron chi connectivity index (χ1n) is 8.97. The average molecular weight is 449 g/mol. The molecule has 0 bridgehead atoms.